The van der Waals surface area contributed by atoms with E-state index in [4.69, 9.17) is 11.6 Å². The van der Waals surface area contributed by atoms with Gasteiger partial charge >= 0.3 is 0 Å². The monoisotopic (exact) mass is 307 g/mol. The van der Waals surface area contributed by atoms with Gasteiger partial charge in [-0.3, -0.25) is 9.20 Å². The highest BCUT2D eigenvalue weighted by molar-refractivity contribution is 6.32. The second-order valence-electron chi connectivity index (χ2n) is 5.48. The molecule has 0 aromatic carbocycles. The van der Waals surface area contributed by atoms with Crippen molar-refractivity contribution in [1.29, 1.82) is 0 Å². The van der Waals surface area contributed by atoms with Crippen LogP contribution in [0.3, 0.4) is 0 Å². The summed E-state index contributed by atoms with van der Waals surface area (Å²) in [5.74, 6) is -0.160. The van der Waals surface area contributed by atoms with Gasteiger partial charge in [0.2, 0.25) is 0 Å². The summed E-state index contributed by atoms with van der Waals surface area (Å²) in [6.07, 6.45) is 4.22. The molecule has 1 amide bonds. The Kier molecular flexibility index (Phi) is 3.63. The third kappa shape index (κ3) is 2.12. The third-order valence-corrected chi connectivity index (χ3v) is 4.75. The lowest BCUT2D eigenvalue weighted by atomic mass is 9.94. The molecule has 1 N–H and O–H groups in total. The van der Waals surface area contributed by atoms with E-state index in [2.05, 4.69) is 4.98 Å². The van der Waals surface area contributed by atoms with Crippen molar-refractivity contribution in [1.82, 2.24) is 14.3 Å². The molecule has 0 spiro atoms. The van der Waals surface area contributed by atoms with E-state index in [1.54, 1.807) is 15.5 Å². The second kappa shape index (κ2) is 5.31. The molecular formula is C15H18ClN3O2. The van der Waals surface area contributed by atoms with Gasteiger partial charge in [0.1, 0.15) is 5.65 Å². The van der Waals surface area contributed by atoms with Crippen LogP contribution in [0.4, 0.5) is 0 Å². The van der Waals surface area contributed by atoms with Crippen molar-refractivity contribution in [3.63, 3.8) is 0 Å². The van der Waals surface area contributed by atoms with Gasteiger partial charge in [-0.1, -0.05) is 24.6 Å². The summed E-state index contributed by atoms with van der Waals surface area (Å²) in [6, 6.07) is 5.50. The van der Waals surface area contributed by atoms with E-state index in [0.717, 1.165) is 19.3 Å². The van der Waals surface area contributed by atoms with E-state index in [0.29, 0.717) is 17.9 Å². The maximum atomic E-state index is 12.9. The number of halogens is 1. The summed E-state index contributed by atoms with van der Waals surface area (Å²) in [4.78, 5) is 18.9. The molecule has 1 aliphatic rings. The van der Waals surface area contributed by atoms with Gasteiger partial charge in [-0.15, -0.1) is 0 Å². The molecule has 3 heterocycles. The van der Waals surface area contributed by atoms with Gasteiger partial charge < -0.3 is 10.0 Å². The smallest absolute Gasteiger partial charge is 0.274 e. The quantitative estimate of drug-likeness (QED) is 0.947. The van der Waals surface area contributed by atoms with Gasteiger partial charge in [-0.25, -0.2) is 4.98 Å². The van der Waals surface area contributed by atoms with Crippen molar-refractivity contribution in [3.05, 3.63) is 35.2 Å². The SMILES string of the molecule is CC[C@@]1(CO)CCCN1C(=O)c1c(Cl)nc2ccccn12. The second-order valence-corrected chi connectivity index (χ2v) is 5.83. The minimum absolute atomic E-state index is 0.0242. The molecule has 1 saturated heterocycles. The highest BCUT2D eigenvalue weighted by Crippen LogP contribution is 2.34. The Labute approximate surface area is 128 Å². The number of hydrogen-bond acceptors (Lipinski definition) is 3. The van der Waals surface area contributed by atoms with Crippen molar-refractivity contribution >= 4 is 23.2 Å². The van der Waals surface area contributed by atoms with E-state index in [1.165, 1.54) is 0 Å². The van der Waals surface area contributed by atoms with Crippen LogP contribution in [0.15, 0.2) is 24.4 Å². The van der Waals surface area contributed by atoms with Gasteiger partial charge in [-0.05, 0) is 31.4 Å². The van der Waals surface area contributed by atoms with E-state index >= 15 is 0 Å². The minimum atomic E-state index is -0.473. The van der Waals surface area contributed by atoms with Gasteiger partial charge in [-0.2, -0.15) is 0 Å². The molecule has 0 saturated carbocycles. The Balaban J connectivity index is 2.07. The molecule has 0 bridgehead atoms. The van der Waals surface area contributed by atoms with Crippen LogP contribution in [-0.4, -0.2) is 44.0 Å². The Morgan fingerprint density at radius 1 is 1.52 bits per heavy atom. The Hall–Kier alpha value is -1.59. The van der Waals surface area contributed by atoms with E-state index < -0.39 is 5.54 Å². The molecule has 0 aliphatic carbocycles. The number of amides is 1. The first-order valence-corrected chi connectivity index (χ1v) is 7.56. The predicted molar refractivity (Wildman–Crippen MR) is 80.6 cm³/mol. The number of carbonyl (C=O) groups excluding carboxylic acids is 1. The first-order chi connectivity index (χ1) is 10.1. The zero-order chi connectivity index (χ0) is 15.0. The lowest BCUT2D eigenvalue weighted by Gasteiger charge is -2.36. The lowest BCUT2D eigenvalue weighted by Crippen LogP contribution is -2.50. The molecule has 0 radical (unpaired) electrons. The van der Waals surface area contributed by atoms with Gasteiger partial charge in [0.05, 0.1) is 12.1 Å². The standard InChI is InChI=1S/C15H18ClN3O2/c1-2-15(10-20)7-5-9-19(15)14(21)12-13(16)17-11-6-3-4-8-18(11)12/h3-4,6,8,20H,2,5,7,9-10H2,1H3/t15-/m0/s1. The molecule has 2 aromatic rings. The van der Waals surface area contributed by atoms with Crippen molar-refractivity contribution < 1.29 is 9.90 Å². The fraction of sp³-hybridized carbons (Fsp3) is 0.467. The molecule has 3 rings (SSSR count). The number of hydrogen-bond donors (Lipinski definition) is 1. The van der Waals surface area contributed by atoms with Crippen LogP contribution in [0.2, 0.25) is 5.15 Å². The van der Waals surface area contributed by atoms with Crippen LogP contribution in [0.1, 0.15) is 36.7 Å². The number of carbonyl (C=O) groups is 1. The topological polar surface area (TPSA) is 57.8 Å². The number of aliphatic hydroxyl groups is 1. The molecule has 21 heavy (non-hydrogen) atoms. The molecule has 6 heteroatoms. The summed E-state index contributed by atoms with van der Waals surface area (Å²) >= 11 is 6.18. The number of pyridine rings is 1. The molecule has 112 valence electrons. The Bertz CT molecular complexity index is 679. The fourth-order valence-electron chi connectivity index (χ4n) is 3.19. The van der Waals surface area contributed by atoms with E-state index in [9.17, 15) is 9.90 Å². The van der Waals surface area contributed by atoms with E-state index in [-0.39, 0.29) is 17.7 Å². The number of aromatic nitrogens is 2. The Morgan fingerprint density at radius 3 is 3.05 bits per heavy atom. The largest absolute Gasteiger partial charge is 0.394 e. The molecular weight excluding hydrogens is 290 g/mol. The lowest BCUT2D eigenvalue weighted by molar-refractivity contribution is 0.0391. The first kappa shape index (κ1) is 14.4. The summed E-state index contributed by atoms with van der Waals surface area (Å²) in [7, 11) is 0. The summed E-state index contributed by atoms with van der Waals surface area (Å²) in [5.41, 5.74) is 0.552. The van der Waals surface area contributed by atoms with Gasteiger partial charge in [0.25, 0.3) is 5.91 Å². The van der Waals surface area contributed by atoms with Gasteiger partial charge in [0.15, 0.2) is 10.8 Å². The zero-order valence-corrected chi connectivity index (χ0v) is 12.7. The number of imidazole rings is 1. The molecule has 0 unspecified atom stereocenters. The summed E-state index contributed by atoms with van der Waals surface area (Å²) in [6.45, 7) is 2.62. The van der Waals surface area contributed by atoms with Crippen molar-refractivity contribution in [2.75, 3.05) is 13.2 Å². The van der Waals surface area contributed by atoms with Crippen molar-refractivity contribution in [2.45, 2.75) is 31.7 Å². The summed E-state index contributed by atoms with van der Waals surface area (Å²) in [5, 5.41) is 9.98. The van der Waals surface area contributed by atoms with Crippen LogP contribution < -0.4 is 0 Å². The van der Waals surface area contributed by atoms with Gasteiger partial charge in [0, 0.05) is 12.7 Å². The molecule has 1 fully saturated rings. The van der Waals surface area contributed by atoms with Crippen molar-refractivity contribution in [2.24, 2.45) is 0 Å². The van der Waals surface area contributed by atoms with Crippen LogP contribution in [0.25, 0.3) is 5.65 Å². The van der Waals surface area contributed by atoms with E-state index in [1.807, 2.05) is 25.1 Å². The highest BCUT2D eigenvalue weighted by Gasteiger charge is 2.43. The average Bonchev–Trinajstić information content (AvgIpc) is 3.07. The normalized spacial score (nSPS) is 22.1. The van der Waals surface area contributed by atoms with Crippen LogP contribution in [-0.2, 0) is 0 Å². The molecule has 5 nitrogen and oxygen atoms in total. The number of aliphatic hydroxyl groups excluding tert-OH is 1. The number of nitrogens with zero attached hydrogens (tertiary/aromatic N) is 3. The third-order valence-electron chi connectivity index (χ3n) is 4.48. The number of likely N-dealkylation sites (tertiary alicyclic amines) is 1. The molecule has 1 aliphatic heterocycles. The minimum Gasteiger partial charge on any atom is -0.394 e. The Morgan fingerprint density at radius 2 is 2.33 bits per heavy atom. The number of rotatable bonds is 3. The fourth-order valence-corrected chi connectivity index (χ4v) is 3.44. The van der Waals surface area contributed by atoms with Crippen LogP contribution >= 0.6 is 11.6 Å². The maximum Gasteiger partial charge on any atom is 0.274 e. The summed E-state index contributed by atoms with van der Waals surface area (Å²) < 4.78 is 1.71. The maximum absolute atomic E-state index is 12.9. The predicted octanol–water partition coefficient (Wildman–Crippen LogP) is 2.36. The first-order valence-electron chi connectivity index (χ1n) is 7.18. The van der Waals surface area contributed by atoms with Crippen LogP contribution in [0.5, 0.6) is 0 Å². The van der Waals surface area contributed by atoms with Crippen molar-refractivity contribution in [3.8, 4) is 0 Å². The highest BCUT2D eigenvalue weighted by atomic mass is 35.5. The average molecular weight is 308 g/mol. The van der Waals surface area contributed by atoms with Crippen LogP contribution in [0, 0.1) is 0 Å². The molecule has 2 aromatic heterocycles. The zero-order valence-electron chi connectivity index (χ0n) is 11.9. The number of fused-ring (bicyclic) bond motifs is 1. The molecule has 1 atom stereocenters.